The zero-order valence-corrected chi connectivity index (χ0v) is 10.8. The van der Waals surface area contributed by atoms with Crippen molar-refractivity contribution in [2.45, 2.75) is 19.4 Å². The first-order valence-corrected chi connectivity index (χ1v) is 6.44. The van der Waals surface area contributed by atoms with Crippen LogP contribution in [-0.2, 0) is 11.3 Å². The van der Waals surface area contributed by atoms with Crippen LogP contribution in [0.1, 0.15) is 18.4 Å². The highest BCUT2D eigenvalue weighted by atomic mass is 16.5. The van der Waals surface area contributed by atoms with Gasteiger partial charge in [-0.3, -0.25) is 0 Å². The van der Waals surface area contributed by atoms with Crippen LogP contribution in [-0.4, -0.2) is 24.4 Å². The van der Waals surface area contributed by atoms with Crippen molar-refractivity contribution in [2.24, 2.45) is 5.41 Å². The third-order valence-corrected chi connectivity index (χ3v) is 3.42. The molecule has 0 saturated heterocycles. The normalized spacial score (nSPS) is 16.3. The summed E-state index contributed by atoms with van der Waals surface area (Å²) in [5, 5.41) is 12.1. The van der Waals surface area contributed by atoms with Crippen LogP contribution in [0.25, 0.3) is 0 Å². The lowest BCUT2D eigenvalue weighted by Crippen LogP contribution is -2.38. The molecule has 0 radical (unpaired) electrons. The van der Waals surface area contributed by atoms with E-state index in [0.717, 1.165) is 18.4 Å². The Hall–Kier alpha value is -1.81. The molecule has 1 aromatic carbocycles. The summed E-state index contributed by atoms with van der Waals surface area (Å²) in [6, 6.07) is 9.54. The van der Waals surface area contributed by atoms with Gasteiger partial charge in [-0.15, -0.1) is 0 Å². The summed E-state index contributed by atoms with van der Waals surface area (Å²) in [5.74, 6) is 0. The van der Waals surface area contributed by atoms with Gasteiger partial charge in [0.25, 0.3) is 0 Å². The number of hydrogen-bond donors (Lipinski definition) is 2. The molecule has 19 heavy (non-hydrogen) atoms. The third-order valence-electron chi connectivity index (χ3n) is 3.42. The van der Waals surface area contributed by atoms with E-state index in [4.69, 9.17) is 4.74 Å². The number of carbonyl (C=O) groups is 1. The molecule has 0 atom stereocenters. The van der Waals surface area contributed by atoms with Crippen LogP contribution in [0.2, 0.25) is 0 Å². The van der Waals surface area contributed by atoms with E-state index in [-0.39, 0.29) is 18.6 Å². The van der Waals surface area contributed by atoms with E-state index in [0.29, 0.717) is 6.54 Å². The summed E-state index contributed by atoms with van der Waals surface area (Å²) >= 11 is 0. The molecule has 1 aromatic rings. The van der Waals surface area contributed by atoms with E-state index in [1.807, 2.05) is 42.5 Å². The Labute approximate surface area is 113 Å². The number of carbonyl (C=O) groups excluding carboxylic acids is 1. The topological polar surface area (TPSA) is 58.6 Å². The molecule has 102 valence electrons. The number of alkyl carbamates (subject to hydrolysis) is 1. The predicted molar refractivity (Wildman–Crippen MR) is 72.5 cm³/mol. The second-order valence-electron chi connectivity index (χ2n) is 4.95. The Kier molecular flexibility index (Phi) is 4.58. The molecule has 0 saturated carbocycles. The van der Waals surface area contributed by atoms with E-state index in [9.17, 15) is 9.90 Å². The first-order valence-electron chi connectivity index (χ1n) is 6.44. The number of ether oxygens (including phenoxy) is 1. The van der Waals surface area contributed by atoms with Gasteiger partial charge in [0, 0.05) is 12.0 Å². The third kappa shape index (κ3) is 3.83. The number of aliphatic hydroxyl groups is 1. The molecule has 0 bridgehead atoms. The molecule has 0 aliphatic heterocycles. The highest BCUT2D eigenvalue weighted by Crippen LogP contribution is 2.31. The molecular formula is C15H19NO3. The fraction of sp³-hybridized carbons (Fsp3) is 0.400. The van der Waals surface area contributed by atoms with Crippen LogP contribution in [0.4, 0.5) is 4.79 Å². The van der Waals surface area contributed by atoms with Gasteiger partial charge in [0.05, 0.1) is 6.61 Å². The Morgan fingerprint density at radius 3 is 2.58 bits per heavy atom. The Morgan fingerprint density at radius 1 is 1.26 bits per heavy atom. The molecule has 0 aromatic heterocycles. The molecule has 1 aliphatic rings. The fourth-order valence-electron chi connectivity index (χ4n) is 2.11. The molecule has 2 rings (SSSR count). The summed E-state index contributed by atoms with van der Waals surface area (Å²) in [6.45, 7) is 0.764. The van der Waals surface area contributed by atoms with Crippen LogP contribution in [0.15, 0.2) is 42.5 Å². The summed E-state index contributed by atoms with van der Waals surface area (Å²) in [4.78, 5) is 11.6. The number of benzene rings is 1. The second-order valence-corrected chi connectivity index (χ2v) is 4.95. The standard InChI is InChI=1S/C15H19NO3/c17-12-15(8-4-5-9-15)11-16-14(18)19-10-13-6-2-1-3-7-13/h1-7,17H,8-12H2,(H,16,18). The summed E-state index contributed by atoms with van der Waals surface area (Å²) in [5.41, 5.74) is 0.711. The van der Waals surface area contributed by atoms with Gasteiger partial charge >= 0.3 is 6.09 Å². The molecular weight excluding hydrogens is 242 g/mol. The number of rotatable bonds is 5. The van der Waals surface area contributed by atoms with Crippen LogP contribution < -0.4 is 5.32 Å². The van der Waals surface area contributed by atoms with Gasteiger partial charge in [0.15, 0.2) is 0 Å². The largest absolute Gasteiger partial charge is 0.445 e. The van der Waals surface area contributed by atoms with E-state index in [1.165, 1.54) is 0 Å². The summed E-state index contributed by atoms with van der Waals surface area (Å²) in [7, 11) is 0. The summed E-state index contributed by atoms with van der Waals surface area (Å²) < 4.78 is 5.13. The maximum Gasteiger partial charge on any atom is 0.407 e. The van der Waals surface area contributed by atoms with Crippen molar-refractivity contribution in [3.05, 3.63) is 48.0 Å². The maximum atomic E-state index is 11.6. The minimum Gasteiger partial charge on any atom is -0.445 e. The molecule has 4 nitrogen and oxygen atoms in total. The monoisotopic (exact) mass is 261 g/mol. The number of allylic oxidation sites excluding steroid dienone is 2. The van der Waals surface area contributed by atoms with Crippen molar-refractivity contribution < 1.29 is 14.6 Å². The summed E-state index contributed by atoms with van der Waals surface area (Å²) in [6.07, 6.45) is 5.22. The SMILES string of the molecule is O=C(NCC1(CO)CC=CC1)OCc1ccccc1. The van der Waals surface area contributed by atoms with Crippen molar-refractivity contribution in [1.29, 1.82) is 0 Å². The molecule has 0 fully saturated rings. The van der Waals surface area contributed by atoms with Crippen molar-refractivity contribution in [2.75, 3.05) is 13.2 Å². The lowest BCUT2D eigenvalue weighted by Gasteiger charge is -2.26. The van der Waals surface area contributed by atoms with Crippen LogP contribution in [0.5, 0.6) is 0 Å². The van der Waals surface area contributed by atoms with Crippen LogP contribution >= 0.6 is 0 Å². The number of aliphatic hydroxyl groups excluding tert-OH is 1. The van der Waals surface area contributed by atoms with Crippen LogP contribution in [0, 0.1) is 5.41 Å². The Morgan fingerprint density at radius 2 is 1.95 bits per heavy atom. The Balaban J connectivity index is 1.73. The molecule has 1 amide bonds. The molecule has 0 spiro atoms. The number of hydrogen-bond acceptors (Lipinski definition) is 3. The highest BCUT2D eigenvalue weighted by Gasteiger charge is 2.30. The number of amides is 1. The van der Waals surface area contributed by atoms with Gasteiger partial charge in [-0.05, 0) is 18.4 Å². The zero-order valence-electron chi connectivity index (χ0n) is 10.8. The molecule has 1 aliphatic carbocycles. The van der Waals surface area contributed by atoms with Gasteiger partial charge in [-0.1, -0.05) is 42.5 Å². The lowest BCUT2D eigenvalue weighted by molar-refractivity contribution is 0.113. The zero-order chi connectivity index (χ0) is 13.6. The first kappa shape index (κ1) is 13.6. The smallest absolute Gasteiger partial charge is 0.407 e. The van der Waals surface area contributed by atoms with Gasteiger partial charge in [-0.25, -0.2) is 4.79 Å². The Bertz CT molecular complexity index is 434. The van der Waals surface area contributed by atoms with Crippen molar-refractivity contribution in [1.82, 2.24) is 5.32 Å². The second kappa shape index (κ2) is 6.38. The van der Waals surface area contributed by atoms with Gasteiger partial charge in [0.2, 0.25) is 0 Å². The van der Waals surface area contributed by atoms with E-state index in [1.54, 1.807) is 0 Å². The minimum atomic E-state index is -0.441. The van der Waals surface area contributed by atoms with Crippen molar-refractivity contribution >= 4 is 6.09 Å². The molecule has 0 heterocycles. The quantitative estimate of drug-likeness (QED) is 0.799. The van der Waals surface area contributed by atoms with E-state index in [2.05, 4.69) is 5.32 Å². The molecule has 0 unspecified atom stereocenters. The van der Waals surface area contributed by atoms with Gasteiger partial charge < -0.3 is 15.2 Å². The highest BCUT2D eigenvalue weighted by molar-refractivity contribution is 5.67. The first-order chi connectivity index (χ1) is 9.24. The molecule has 4 heteroatoms. The predicted octanol–water partition coefficient (Wildman–Crippen LogP) is 2.24. The fourth-order valence-corrected chi connectivity index (χ4v) is 2.11. The average Bonchev–Trinajstić information content (AvgIpc) is 2.93. The maximum absolute atomic E-state index is 11.6. The van der Waals surface area contributed by atoms with E-state index < -0.39 is 6.09 Å². The van der Waals surface area contributed by atoms with Gasteiger partial charge in [-0.2, -0.15) is 0 Å². The van der Waals surface area contributed by atoms with Gasteiger partial charge in [0.1, 0.15) is 6.61 Å². The van der Waals surface area contributed by atoms with Crippen molar-refractivity contribution in [3.63, 3.8) is 0 Å². The lowest BCUT2D eigenvalue weighted by atomic mass is 9.86. The average molecular weight is 261 g/mol. The molecule has 2 N–H and O–H groups in total. The number of nitrogens with one attached hydrogen (secondary N) is 1. The van der Waals surface area contributed by atoms with Crippen molar-refractivity contribution in [3.8, 4) is 0 Å². The van der Waals surface area contributed by atoms with E-state index >= 15 is 0 Å². The minimum absolute atomic E-state index is 0.0684. The van der Waals surface area contributed by atoms with Crippen LogP contribution in [0.3, 0.4) is 0 Å².